The molecule has 0 heterocycles. The molecule has 0 radical (unpaired) electrons. The van der Waals surface area contributed by atoms with E-state index < -0.39 is 0 Å². The van der Waals surface area contributed by atoms with E-state index in [4.69, 9.17) is 5.73 Å². The number of nitrogens with one attached hydrogen (secondary N) is 2. The smallest absolute Gasteiger partial charge is 0.253 e. The monoisotopic (exact) mass is 373 g/mol. The highest BCUT2D eigenvalue weighted by Crippen LogP contribution is 2.49. The van der Waals surface area contributed by atoms with E-state index in [9.17, 15) is 9.59 Å². The predicted octanol–water partition coefficient (Wildman–Crippen LogP) is 2.85. The number of halogens is 1. The number of benzene rings is 2. The van der Waals surface area contributed by atoms with Crippen LogP contribution in [0.1, 0.15) is 33.8 Å². The maximum absolute atomic E-state index is 12.6. The molecule has 1 aliphatic rings. The molecule has 2 aromatic carbocycles. The summed E-state index contributed by atoms with van der Waals surface area (Å²) < 4.78 is 0. The van der Waals surface area contributed by atoms with E-state index in [1.807, 2.05) is 12.1 Å². The van der Waals surface area contributed by atoms with Crippen molar-refractivity contribution < 1.29 is 9.59 Å². The zero-order chi connectivity index (χ0) is 17.8. The molecule has 2 unspecified atom stereocenters. The Bertz CT molecular complexity index is 794. The summed E-state index contributed by atoms with van der Waals surface area (Å²) in [5.74, 6) is -0.0411. The van der Waals surface area contributed by atoms with Crippen LogP contribution in [-0.4, -0.2) is 24.9 Å². The van der Waals surface area contributed by atoms with Crippen LogP contribution in [0.15, 0.2) is 48.5 Å². The Labute approximate surface area is 159 Å². The Kier molecular flexibility index (Phi) is 6.77. The summed E-state index contributed by atoms with van der Waals surface area (Å²) in [7, 11) is 0. The Hall–Kier alpha value is -2.37. The van der Waals surface area contributed by atoms with Gasteiger partial charge in [-0.15, -0.1) is 12.4 Å². The van der Waals surface area contributed by atoms with Crippen molar-refractivity contribution in [2.75, 3.05) is 18.4 Å². The minimum atomic E-state index is -0.229. The highest BCUT2D eigenvalue weighted by molar-refractivity contribution is 6.04. The van der Waals surface area contributed by atoms with E-state index in [1.54, 1.807) is 24.3 Å². The lowest BCUT2D eigenvalue weighted by Crippen LogP contribution is -2.30. The van der Waals surface area contributed by atoms with Crippen molar-refractivity contribution in [2.24, 2.45) is 11.7 Å². The lowest BCUT2D eigenvalue weighted by molar-refractivity contribution is -0.117. The van der Waals surface area contributed by atoms with Crippen molar-refractivity contribution >= 4 is 29.9 Å². The molecule has 138 valence electrons. The van der Waals surface area contributed by atoms with Crippen molar-refractivity contribution in [1.29, 1.82) is 0 Å². The van der Waals surface area contributed by atoms with E-state index in [2.05, 4.69) is 29.7 Å². The van der Waals surface area contributed by atoms with Gasteiger partial charge in [0.25, 0.3) is 5.91 Å². The average Bonchev–Trinajstić information content (AvgIpc) is 3.41. The fourth-order valence-corrected chi connectivity index (χ4v) is 3.13. The molecule has 6 heteroatoms. The molecular weight excluding hydrogens is 350 g/mol. The number of hydrogen-bond acceptors (Lipinski definition) is 3. The van der Waals surface area contributed by atoms with Crippen LogP contribution >= 0.6 is 12.4 Å². The second-order valence-electron chi connectivity index (χ2n) is 6.38. The van der Waals surface area contributed by atoms with Gasteiger partial charge in [-0.05, 0) is 42.5 Å². The van der Waals surface area contributed by atoms with Gasteiger partial charge in [0.15, 0.2) is 0 Å². The lowest BCUT2D eigenvalue weighted by atomic mass is 10.0. The summed E-state index contributed by atoms with van der Waals surface area (Å²) in [6.07, 6.45) is 0.845. The number of aryl methyl sites for hydroxylation is 1. The van der Waals surface area contributed by atoms with Gasteiger partial charge in [0.2, 0.25) is 5.91 Å². The van der Waals surface area contributed by atoms with E-state index in [-0.39, 0.29) is 36.1 Å². The SMILES string of the molecule is Cc1ccccc1C1CC1C(=O)Nc1ccccc1C(=O)NCCN.Cl. The van der Waals surface area contributed by atoms with Gasteiger partial charge in [0.05, 0.1) is 11.3 Å². The van der Waals surface area contributed by atoms with Crippen LogP contribution < -0.4 is 16.4 Å². The molecular formula is C20H24ClN3O2. The molecule has 0 aromatic heterocycles. The molecule has 1 saturated carbocycles. The van der Waals surface area contributed by atoms with Gasteiger partial charge in [0, 0.05) is 19.0 Å². The molecule has 1 fully saturated rings. The number of anilines is 1. The number of nitrogens with two attached hydrogens (primary N) is 1. The summed E-state index contributed by atoms with van der Waals surface area (Å²) in [5, 5.41) is 5.65. The van der Waals surface area contributed by atoms with Gasteiger partial charge in [-0.3, -0.25) is 9.59 Å². The topological polar surface area (TPSA) is 84.2 Å². The van der Waals surface area contributed by atoms with Crippen LogP contribution in [0, 0.1) is 12.8 Å². The van der Waals surface area contributed by atoms with Crippen molar-refractivity contribution in [3.8, 4) is 0 Å². The largest absolute Gasteiger partial charge is 0.351 e. The zero-order valence-electron chi connectivity index (χ0n) is 14.7. The summed E-state index contributed by atoms with van der Waals surface area (Å²) in [6, 6.07) is 15.2. The molecule has 2 aromatic rings. The zero-order valence-corrected chi connectivity index (χ0v) is 15.5. The highest BCUT2D eigenvalue weighted by atomic mass is 35.5. The highest BCUT2D eigenvalue weighted by Gasteiger charge is 2.44. The van der Waals surface area contributed by atoms with E-state index >= 15 is 0 Å². The molecule has 2 amide bonds. The normalized spacial score (nSPS) is 17.8. The average molecular weight is 374 g/mol. The number of carbonyl (C=O) groups excluding carboxylic acids is 2. The number of amides is 2. The first-order valence-corrected chi connectivity index (χ1v) is 8.55. The molecule has 0 aliphatic heterocycles. The first kappa shape index (κ1) is 19.9. The summed E-state index contributed by atoms with van der Waals surface area (Å²) in [6.45, 7) is 2.85. The number of para-hydroxylation sites is 1. The second-order valence-corrected chi connectivity index (χ2v) is 6.38. The van der Waals surface area contributed by atoms with Crippen LogP contribution in [-0.2, 0) is 4.79 Å². The van der Waals surface area contributed by atoms with E-state index in [1.165, 1.54) is 11.1 Å². The Morgan fingerprint density at radius 3 is 2.54 bits per heavy atom. The minimum absolute atomic E-state index is 0. The fraction of sp³-hybridized carbons (Fsp3) is 0.300. The van der Waals surface area contributed by atoms with Crippen molar-refractivity contribution in [3.05, 3.63) is 65.2 Å². The Morgan fingerprint density at radius 2 is 1.81 bits per heavy atom. The van der Waals surface area contributed by atoms with Gasteiger partial charge in [-0.1, -0.05) is 36.4 Å². The van der Waals surface area contributed by atoms with Gasteiger partial charge < -0.3 is 16.4 Å². The van der Waals surface area contributed by atoms with Crippen molar-refractivity contribution in [2.45, 2.75) is 19.3 Å². The lowest BCUT2D eigenvalue weighted by Gasteiger charge is -2.11. The Balaban J connectivity index is 0.00000243. The van der Waals surface area contributed by atoms with Gasteiger partial charge in [-0.2, -0.15) is 0 Å². The Morgan fingerprint density at radius 1 is 1.12 bits per heavy atom. The minimum Gasteiger partial charge on any atom is -0.351 e. The fourth-order valence-electron chi connectivity index (χ4n) is 3.13. The summed E-state index contributed by atoms with van der Waals surface area (Å²) in [4.78, 5) is 24.8. The van der Waals surface area contributed by atoms with Crippen LogP contribution in [0.4, 0.5) is 5.69 Å². The maximum atomic E-state index is 12.6. The molecule has 2 atom stereocenters. The molecule has 0 spiro atoms. The number of hydrogen-bond donors (Lipinski definition) is 3. The van der Waals surface area contributed by atoms with Gasteiger partial charge in [-0.25, -0.2) is 0 Å². The van der Waals surface area contributed by atoms with Gasteiger partial charge >= 0.3 is 0 Å². The summed E-state index contributed by atoms with van der Waals surface area (Å²) in [5.41, 5.74) is 8.86. The maximum Gasteiger partial charge on any atom is 0.253 e. The third-order valence-electron chi connectivity index (χ3n) is 4.57. The molecule has 3 rings (SSSR count). The van der Waals surface area contributed by atoms with E-state index in [0.717, 1.165) is 6.42 Å². The molecule has 0 saturated heterocycles. The molecule has 4 N–H and O–H groups in total. The van der Waals surface area contributed by atoms with Gasteiger partial charge in [0.1, 0.15) is 0 Å². The van der Waals surface area contributed by atoms with Crippen LogP contribution in [0.25, 0.3) is 0 Å². The standard InChI is InChI=1S/C20H23N3O2.ClH/c1-13-6-2-3-7-14(13)16-12-17(16)20(25)23-18-9-5-4-8-15(18)19(24)22-11-10-21;/h2-9,16-17H,10-12,21H2,1H3,(H,22,24)(H,23,25);1H. The first-order chi connectivity index (χ1) is 12.1. The first-order valence-electron chi connectivity index (χ1n) is 8.55. The second kappa shape index (κ2) is 8.83. The summed E-state index contributed by atoms with van der Waals surface area (Å²) >= 11 is 0. The van der Waals surface area contributed by atoms with Crippen LogP contribution in [0.3, 0.4) is 0 Å². The molecule has 0 bridgehead atoms. The quantitative estimate of drug-likeness (QED) is 0.727. The predicted molar refractivity (Wildman–Crippen MR) is 106 cm³/mol. The van der Waals surface area contributed by atoms with Crippen LogP contribution in [0.2, 0.25) is 0 Å². The van der Waals surface area contributed by atoms with E-state index in [0.29, 0.717) is 24.3 Å². The van der Waals surface area contributed by atoms with Crippen molar-refractivity contribution in [3.63, 3.8) is 0 Å². The number of rotatable bonds is 6. The third kappa shape index (κ3) is 4.42. The van der Waals surface area contributed by atoms with Crippen LogP contribution in [0.5, 0.6) is 0 Å². The molecule has 26 heavy (non-hydrogen) atoms. The number of carbonyl (C=O) groups is 2. The third-order valence-corrected chi connectivity index (χ3v) is 4.57. The molecule has 1 aliphatic carbocycles. The molecule has 5 nitrogen and oxygen atoms in total. The van der Waals surface area contributed by atoms with Crippen molar-refractivity contribution in [1.82, 2.24) is 5.32 Å².